The summed E-state index contributed by atoms with van der Waals surface area (Å²) in [4.78, 5) is 12.8. The molecule has 9 heteroatoms. The van der Waals surface area contributed by atoms with Gasteiger partial charge in [0.2, 0.25) is 5.88 Å². The van der Waals surface area contributed by atoms with Crippen molar-refractivity contribution >= 4 is 11.9 Å². The van der Waals surface area contributed by atoms with Crippen LogP contribution in [0.2, 0.25) is 0 Å². The number of piperidine rings is 2. The number of rotatable bonds is 6. The van der Waals surface area contributed by atoms with Crippen LogP contribution in [-0.2, 0) is 5.41 Å². The predicted molar refractivity (Wildman–Crippen MR) is 197 cm³/mol. The maximum Gasteiger partial charge on any atom is 0.213 e. The van der Waals surface area contributed by atoms with E-state index >= 15 is 0 Å². The van der Waals surface area contributed by atoms with Crippen LogP contribution < -0.4 is 25.4 Å². The number of aromatic nitrogens is 2. The zero-order chi connectivity index (χ0) is 33.3. The SMILES string of the molecule is CC(C)(C)c1ccnc([C@H]2CC[C@@H]3CN(C4NC(c5cccc(OCCC6CC6)n5)CCC4CNSC4CCCC(N4)N2)C(C)(C)C3)c1. The molecule has 5 fully saturated rings. The normalized spacial score (nSPS) is 34.4. The second-order valence-corrected chi connectivity index (χ2v) is 18.2. The lowest BCUT2D eigenvalue weighted by Crippen LogP contribution is -2.60. The zero-order valence-electron chi connectivity index (χ0n) is 30.1. The average molecular weight is 676 g/mol. The average Bonchev–Trinajstić information content (AvgIpc) is 3.84. The Morgan fingerprint density at radius 3 is 2.60 bits per heavy atom. The molecule has 2 aromatic rings. The molecule has 4 bridgehead atoms. The van der Waals surface area contributed by atoms with Gasteiger partial charge in [0, 0.05) is 36.8 Å². The number of fused-ring (bicyclic) bond motifs is 6. The molecule has 1 saturated carbocycles. The van der Waals surface area contributed by atoms with E-state index in [0.717, 1.165) is 62.9 Å². The molecule has 4 N–H and O–H groups in total. The van der Waals surface area contributed by atoms with E-state index in [9.17, 15) is 0 Å². The third kappa shape index (κ3) is 8.57. The minimum absolute atomic E-state index is 0.102. The molecule has 2 aromatic heterocycles. The van der Waals surface area contributed by atoms with E-state index in [0.29, 0.717) is 29.5 Å². The van der Waals surface area contributed by atoms with Gasteiger partial charge in [0.05, 0.1) is 47.8 Å². The summed E-state index contributed by atoms with van der Waals surface area (Å²) in [5.41, 5.74) is 3.91. The first-order valence-corrected chi connectivity index (χ1v) is 20.0. The van der Waals surface area contributed by atoms with Crippen molar-refractivity contribution in [2.45, 2.75) is 146 Å². The highest BCUT2D eigenvalue weighted by Crippen LogP contribution is 2.42. The summed E-state index contributed by atoms with van der Waals surface area (Å²) in [6, 6.07) is 11.4. The maximum absolute atomic E-state index is 6.12. The third-order valence-corrected chi connectivity index (χ3v) is 12.8. The zero-order valence-corrected chi connectivity index (χ0v) is 31.0. The van der Waals surface area contributed by atoms with Crippen molar-refractivity contribution in [1.82, 2.24) is 35.5 Å². The van der Waals surface area contributed by atoms with Gasteiger partial charge in [-0.25, -0.2) is 4.98 Å². The smallest absolute Gasteiger partial charge is 0.213 e. The summed E-state index contributed by atoms with van der Waals surface area (Å²) in [7, 11) is 0. The third-order valence-electron chi connectivity index (χ3n) is 11.8. The van der Waals surface area contributed by atoms with Gasteiger partial charge in [-0.3, -0.25) is 30.6 Å². The predicted octanol–water partition coefficient (Wildman–Crippen LogP) is 7.21. The fourth-order valence-corrected chi connectivity index (χ4v) is 9.77. The summed E-state index contributed by atoms with van der Waals surface area (Å²) in [5.74, 6) is 2.84. The minimum Gasteiger partial charge on any atom is -0.478 e. The molecule has 8 atom stereocenters. The van der Waals surface area contributed by atoms with Gasteiger partial charge in [-0.05, 0) is 113 Å². The van der Waals surface area contributed by atoms with Gasteiger partial charge in [-0.2, -0.15) is 0 Å². The van der Waals surface area contributed by atoms with E-state index in [-0.39, 0.29) is 23.0 Å². The molecule has 48 heavy (non-hydrogen) atoms. The van der Waals surface area contributed by atoms with Gasteiger partial charge < -0.3 is 4.74 Å². The van der Waals surface area contributed by atoms with Crippen molar-refractivity contribution in [2.75, 3.05) is 19.7 Å². The van der Waals surface area contributed by atoms with Crippen LogP contribution in [0.4, 0.5) is 0 Å². The number of hydrogen-bond donors (Lipinski definition) is 4. The molecule has 264 valence electrons. The molecule has 0 spiro atoms. The summed E-state index contributed by atoms with van der Waals surface area (Å²) < 4.78 is 10.00. The molecule has 4 aliphatic heterocycles. The molecule has 0 aromatic carbocycles. The Morgan fingerprint density at radius 1 is 0.938 bits per heavy atom. The molecular weight excluding hydrogens is 615 g/mol. The number of pyridine rings is 2. The summed E-state index contributed by atoms with van der Waals surface area (Å²) in [6.07, 6.45) is 15.9. The topological polar surface area (TPSA) is 86.4 Å². The first-order valence-electron chi connectivity index (χ1n) is 19.1. The second-order valence-electron chi connectivity index (χ2n) is 17.1. The van der Waals surface area contributed by atoms with E-state index in [1.165, 1.54) is 56.2 Å². The molecule has 4 saturated heterocycles. The fourth-order valence-electron chi connectivity index (χ4n) is 8.74. The summed E-state index contributed by atoms with van der Waals surface area (Å²) in [5, 5.41) is 12.6. The highest BCUT2D eigenvalue weighted by molar-refractivity contribution is 7.98. The molecule has 1 aliphatic carbocycles. The Morgan fingerprint density at radius 2 is 1.77 bits per heavy atom. The Hall–Kier alpha value is -1.75. The van der Waals surface area contributed by atoms with E-state index in [1.54, 1.807) is 0 Å². The first kappa shape index (κ1) is 34.7. The monoisotopic (exact) mass is 675 g/mol. The van der Waals surface area contributed by atoms with E-state index in [4.69, 9.17) is 14.7 Å². The molecule has 8 nitrogen and oxygen atoms in total. The van der Waals surface area contributed by atoms with Crippen LogP contribution in [0.5, 0.6) is 5.88 Å². The Balaban J connectivity index is 1.10. The first-order chi connectivity index (χ1) is 23.1. The van der Waals surface area contributed by atoms with Gasteiger partial charge in [0.25, 0.3) is 0 Å². The molecule has 7 rings (SSSR count). The summed E-state index contributed by atoms with van der Waals surface area (Å²) >= 11 is 1.91. The van der Waals surface area contributed by atoms with Gasteiger partial charge in [-0.1, -0.05) is 51.6 Å². The van der Waals surface area contributed by atoms with E-state index < -0.39 is 0 Å². The van der Waals surface area contributed by atoms with Gasteiger partial charge >= 0.3 is 0 Å². The molecule has 0 radical (unpaired) electrons. The fraction of sp³-hybridized carbons (Fsp3) is 0.744. The van der Waals surface area contributed by atoms with Crippen LogP contribution in [0.1, 0.15) is 134 Å². The highest BCUT2D eigenvalue weighted by atomic mass is 32.2. The Kier molecular flexibility index (Phi) is 10.7. The Bertz CT molecular complexity index is 1360. The largest absolute Gasteiger partial charge is 0.478 e. The van der Waals surface area contributed by atoms with Crippen molar-refractivity contribution in [3.8, 4) is 5.88 Å². The second kappa shape index (κ2) is 14.8. The molecular formula is C39H61N7OS. The molecule has 6 unspecified atom stereocenters. The van der Waals surface area contributed by atoms with Crippen molar-refractivity contribution in [1.29, 1.82) is 0 Å². The van der Waals surface area contributed by atoms with Gasteiger partial charge in [0.15, 0.2) is 0 Å². The summed E-state index contributed by atoms with van der Waals surface area (Å²) in [6.45, 7) is 14.8. The number of nitrogens with zero attached hydrogens (tertiary/aromatic N) is 3. The van der Waals surface area contributed by atoms with Crippen LogP contribution in [0.15, 0.2) is 36.5 Å². The standard InChI is InChI=1S/C39H61N7OS/c1-38(2,3)29-18-20-40-33(22-29)32-16-14-27-23-39(4,5)46(25-27)37-28(24-41-48-36-11-7-9-34(42-32)45-36)15-17-31(44-37)30-8-6-10-35(43-30)47-21-19-26-12-13-26/h6,8,10,18,20,22,26-28,31-32,34,36-37,41-42,44-45H,7,9,11-17,19,21,23-25H2,1-5H3/t27-,28?,31?,32+,34?,36?,37?/m0/s1. The van der Waals surface area contributed by atoms with Gasteiger partial charge in [-0.15, -0.1) is 0 Å². The molecule has 6 heterocycles. The molecule has 0 amide bonds. The van der Waals surface area contributed by atoms with Crippen molar-refractivity contribution in [3.63, 3.8) is 0 Å². The van der Waals surface area contributed by atoms with Crippen molar-refractivity contribution in [2.24, 2.45) is 17.8 Å². The highest BCUT2D eigenvalue weighted by Gasteiger charge is 2.46. The van der Waals surface area contributed by atoms with E-state index in [1.807, 2.05) is 24.2 Å². The van der Waals surface area contributed by atoms with Crippen LogP contribution in [0, 0.1) is 17.8 Å². The quantitative estimate of drug-likeness (QED) is 0.238. The molecule has 5 aliphatic rings. The van der Waals surface area contributed by atoms with Crippen LogP contribution in [0.25, 0.3) is 0 Å². The lowest BCUT2D eigenvalue weighted by atomic mass is 9.86. The lowest BCUT2D eigenvalue weighted by molar-refractivity contribution is 0.0223. The van der Waals surface area contributed by atoms with E-state index in [2.05, 4.69) is 84.5 Å². The van der Waals surface area contributed by atoms with Crippen molar-refractivity contribution in [3.05, 3.63) is 53.5 Å². The number of nitrogens with one attached hydrogen (secondary N) is 4. The number of ether oxygens (including phenoxy) is 1. The van der Waals surface area contributed by atoms with Crippen LogP contribution in [0.3, 0.4) is 0 Å². The Labute approximate surface area is 294 Å². The van der Waals surface area contributed by atoms with Crippen molar-refractivity contribution < 1.29 is 4.74 Å². The lowest BCUT2D eigenvalue weighted by Gasteiger charge is -2.47. The van der Waals surface area contributed by atoms with Crippen LogP contribution >= 0.6 is 11.9 Å². The maximum atomic E-state index is 6.12. The van der Waals surface area contributed by atoms with Gasteiger partial charge in [0.1, 0.15) is 0 Å². The minimum atomic E-state index is 0.102. The number of hydrogen-bond acceptors (Lipinski definition) is 9. The van der Waals surface area contributed by atoms with Crippen LogP contribution in [-0.4, -0.2) is 57.8 Å².